The number of fused-ring (bicyclic) bond motifs is 6. The van der Waals surface area contributed by atoms with Gasteiger partial charge in [-0.25, -0.2) is 9.18 Å². The number of nitrogens with zero attached hydrogens (tertiary/aromatic N) is 2. The van der Waals surface area contributed by atoms with Gasteiger partial charge in [-0.3, -0.25) is 4.79 Å². The number of aromatic amines is 1. The molecule has 5 rings (SSSR count). The smallest absolute Gasteiger partial charge is 0.337 e. The lowest BCUT2D eigenvalue weighted by atomic mass is 9.96. The zero-order valence-electron chi connectivity index (χ0n) is 22.3. The number of nitrogens with one attached hydrogen (secondary N) is 1. The molecular weight excluding hydrogens is 473 g/mol. The van der Waals surface area contributed by atoms with E-state index >= 15 is 0 Å². The van der Waals surface area contributed by atoms with E-state index in [1.54, 1.807) is 31.7 Å². The van der Waals surface area contributed by atoms with Gasteiger partial charge in [0.1, 0.15) is 29.9 Å². The lowest BCUT2D eigenvalue weighted by Crippen LogP contribution is -2.51. The van der Waals surface area contributed by atoms with E-state index in [-0.39, 0.29) is 24.3 Å². The quantitative estimate of drug-likeness (QED) is 0.359. The topological polar surface area (TPSA) is 74.9 Å². The highest BCUT2D eigenvalue weighted by molar-refractivity contribution is 6.02. The van der Waals surface area contributed by atoms with Crippen LogP contribution in [0.15, 0.2) is 48.6 Å². The maximum absolute atomic E-state index is 13.8. The predicted octanol–water partition coefficient (Wildman–Crippen LogP) is 5.76. The van der Waals surface area contributed by atoms with Crippen LogP contribution in [0.1, 0.15) is 62.4 Å². The molecule has 0 saturated heterocycles. The van der Waals surface area contributed by atoms with Crippen LogP contribution in [0.4, 0.5) is 10.1 Å². The van der Waals surface area contributed by atoms with E-state index in [1.807, 2.05) is 44.0 Å². The fourth-order valence-corrected chi connectivity index (χ4v) is 4.81. The molecule has 2 aliphatic rings. The van der Waals surface area contributed by atoms with Crippen molar-refractivity contribution in [2.45, 2.75) is 52.8 Å². The molecule has 0 bridgehead atoms. The monoisotopic (exact) mass is 507 g/mol. The Morgan fingerprint density at radius 2 is 1.92 bits per heavy atom. The number of H-pyrrole nitrogens is 1. The fraction of sp³-hybridized carbons (Fsp3) is 0.379. The Hall–Kier alpha value is -3.81. The normalized spacial score (nSPS) is 16.3. The van der Waals surface area contributed by atoms with Crippen molar-refractivity contribution >= 4 is 28.5 Å². The van der Waals surface area contributed by atoms with E-state index < -0.39 is 17.4 Å². The molecular formula is C29H34FN3O4. The van der Waals surface area contributed by atoms with Gasteiger partial charge in [-0.15, -0.1) is 0 Å². The summed E-state index contributed by atoms with van der Waals surface area (Å²) in [5, 5.41) is 1.01. The van der Waals surface area contributed by atoms with Crippen LogP contribution in [0.5, 0.6) is 5.75 Å². The Morgan fingerprint density at radius 1 is 1.19 bits per heavy atom. The number of benzene rings is 2. The molecule has 7 nitrogen and oxygen atoms in total. The number of carbonyl (C=O) groups is 2. The van der Waals surface area contributed by atoms with Gasteiger partial charge in [-0.1, -0.05) is 20.4 Å². The van der Waals surface area contributed by atoms with Crippen molar-refractivity contribution < 1.29 is 23.5 Å². The summed E-state index contributed by atoms with van der Waals surface area (Å²) in [6.07, 6.45) is 0.345. The standard InChI is InChI=1S/C27H28FN3O4.C2H6/c1-15(26(33)35-27(2,3)4)14-34-17-7-8-21-19(13-17)18-10-11-31-24(23(18)29-21)30(5)22-9-6-16(28)12-20(22)25(31)32;1-2/h6-9,12-13,24,29H,1,10-11,14H2,2-5H3;1-2H3. The Balaban J connectivity index is 0.00000156. The molecule has 8 heteroatoms. The van der Waals surface area contributed by atoms with Gasteiger partial charge in [-0.2, -0.15) is 0 Å². The summed E-state index contributed by atoms with van der Waals surface area (Å²) >= 11 is 0. The van der Waals surface area contributed by atoms with Crippen molar-refractivity contribution in [3.63, 3.8) is 0 Å². The predicted molar refractivity (Wildman–Crippen MR) is 142 cm³/mol. The van der Waals surface area contributed by atoms with Crippen LogP contribution in [0.3, 0.4) is 0 Å². The lowest BCUT2D eigenvalue weighted by molar-refractivity contribution is -0.150. The number of anilines is 1. The molecule has 0 radical (unpaired) electrons. The van der Waals surface area contributed by atoms with Crippen molar-refractivity contribution in [1.29, 1.82) is 0 Å². The Kier molecular flexibility index (Phi) is 7.04. The number of hydrogen-bond acceptors (Lipinski definition) is 5. The molecule has 37 heavy (non-hydrogen) atoms. The SMILES string of the molecule is C=C(COc1ccc2[nH]c3c(c2c1)CCN1C(=O)c2cc(F)ccc2N(C)C31)C(=O)OC(C)(C)C.CC. The molecule has 0 aliphatic carbocycles. The Labute approximate surface area is 216 Å². The van der Waals surface area contributed by atoms with Gasteiger partial charge in [0, 0.05) is 24.5 Å². The maximum atomic E-state index is 13.8. The average molecular weight is 508 g/mol. The molecule has 1 N–H and O–H groups in total. The fourth-order valence-electron chi connectivity index (χ4n) is 4.81. The van der Waals surface area contributed by atoms with Crippen LogP contribution in [0, 0.1) is 5.82 Å². The first-order valence-corrected chi connectivity index (χ1v) is 12.6. The molecule has 0 fully saturated rings. The largest absolute Gasteiger partial charge is 0.489 e. The van der Waals surface area contributed by atoms with Crippen LogP contribution in [0.2, 0.25) is 0 Å². The summed E-state index contributed by atoms with van der Waals surface area (Å²) in [5.74, 6) is -0.464. The number of esters is 1. The number of amides is 1. The minimum absolute atomic E-state index is 0.0218. The number of carbonyl (C=O) groups excluding carboxylic acids is 2. The zero-order chi connectivity index (χ0) is 27.1. The molecule has 0 saturated carbocycles. The number of hydrogen-bond donors (Lipinski definition) is 1. The molecule has 1 unspecified atom stereocenters. The molecule has 1 amide bonds. The number of ether oxygens (including phenoxy) is 2. The van der Waals surface area contributed by atoms with Gasteiger partial charge in [0.25, 0.3) is 5.91 Å². The molecule has 1 atom stereocenters. The second-order valence-electron chi connectivity index (χ2n) is 10.0. The van der Waals surface area contributed by atoms with Crippen LogP contribution in [0.25, 0.3) is 10.9 Å². The van der Waals surface area contributed by atoms with Crippen molar-refractivity contribution in [2.75, 3.05) is 25.1 Å². The summed E-state index contributed by atoms with van der Waals surface area (Å²) in [4.78, 5) is 32.6. The minimum Gasteiger partial charge on any atom is -0.489 e. The van der Waals surface area contributed by atoms with Gasteiger partial charge in [0.2, 0.25) is 0 Å². The van der Waals surface area contributed by atoms with E-state index in [0.29, 0.717) is 30.0 Å². The van der Waals surface area contributed by atoms with E-state index in [1.165, 1.54) is 12.1 Å². The molecule has 0 spiro atoms. The number of halogens is 1. The highest BCUT2D eigenvalue weighted by Gasteiger charge is 2.41. The third-order valence-corrected chi connectivity index (χ3v) is 6.36. The summed E-state index contributed by atoms with van der Waals surface area (Å²) in [6.45, 7) is 13.7. The van der Waals surface area contributed by atoms with E-state index in [2.05, 4.69) is 11.6 Å². The second-order valence-corrected chi connectivity index (χ2v) is 10.0. The Morgan fingerprint density at radius 3 is 2.62 bits per heavy atom. The van der Waals surface area contributed by atoms with Crippen molar-refractivity contribution in [2.24, 2.45) is 0 Å². The molecule has 196 valence electrons. The number of rotatable bonds is 4. The Bertz CT molecular complexity index is 1370. The summed E-state index contributed by atoms with van der Waals surface area (Å²) < 4.78 is 25.0. The van der Waals surface area contributed by atoms with Crippen LogP contribution >= 0.6 is 0 Å². The van der Waals surface area contributed by atoms with Crippen LogP contribution < -0.4 is 9.64 Å². The first-order valence-electron chi connectivity index (χ1n) is 12.6. The lowest BCUT2D eigenvalue weighted by Gasteiger charge is -2.46. The zero-order valence-corrected chi connectivity index (χ0v) is 22.3. The molecule has 3 aromatic rings. The first-order chi connectivity index (χ1) is 17.5. The van der Waals surface area contributed by atoms with Crippen LogP contribution in [-0.4, -0.2) is 47.6 Å². The van der Waals surface area contributed by atoms with E-state index in [9.17, 15) is 14.0 Å². The second kappa shape index (κ2) is 9.92. The first kappa shape index (κ1) is 26.3. The minimum atomic E-state index is -0.598. The van der Waals surface area contributed by atoms with Crippen molar-refractivity contribution in [3.8, 4) is 5.75 Å². The molecule has 2 aromatic carbocycles. The van der Waals surface area contributed by atoms with Crippen LogP contribution in [-0.2, 0) is 16.0 Å². The highest BCUT2D eigenvalue weighted by Crippen LogP contribution is 2.43. The summed E-state index contributed by atoms with van der Waals surface area (Å²) in [5.41, 5.74) is 3.71. The average Bonchev–Trinajstić information content (AvgIpc) is 3.23. The third kappa shape index (κ3) is 4.92. The van der Waals surface area contributed by atoms with Gasteiger partial charge >= 0.3 is 5.97 Å². The molecule has 3 heterocycles. The van der Waals surface area contributed by atoms with Crippen molar-refractivity contribution in [3.05, 3.63) is 71.2 Å². The van der Waals surface area contributed by atoms with Gasteiger partial charge in [0.15, 0.2) is 0 Å². The summed E-state index contributed by atoms with van der Waals surface area (Å²) in [7, 11) is 1.91. The van der Waals surface area contributed by atoms with Gasteiger partial charge in [-0.05, 0) is 69.2 Å². The molecule has 1 aromatic heterocycles. The third-order valence-electron chi connectivity index (χ3n) is 6.36. The highest BCUT2D eigenvalue weighted by atomic mass is 19.1. The van der Waals surface area contributed by atoms with Gasteiger partial charge in [0.05, 0.1) is 22.5 Å². The van der Waals surface area contributed by atoms with Crippen molar-refractivity contribution in [1.82, 2.24) is 9.88 Å². The van der Waals surface area contributed by atoms with E-state index in [0.717, 1.165) is 22.2 Å². The molecule has 2 aliphatic heterocycles. The maximum Gasteiger partial charge on any atom is 0.337 e. The van der Waals surface area contributed by atoms with Gasteiger partial charge < -0.3 is 24.3 Å². The van der Waals surface area contributed by atoms with E-state index in [4.69, 9.17) is 9.47 Å². The number of aromatic nitrogens is 1. The summed E-state index contributed by atoms with van der Waals surface area (Å²) in [6, 6.07) is 10.0.